The molecule has 0 aliphatic carbocycles. The van der Waals surface area contributed by atoms with Gasteiger partial charge in [-0.2, -0.15) is 0 Å². The lowest BCUT2D eigenvalue weighted by atomic mass is 9.78. The van der Waals surface area contributed by atoms with Crippen LogP contribution in [-0.4, -0.2) is 47.4 Å². The predicted molar refractivity (Wildman–Crippen MR) is 120 cm³/mol. The molecule has 1 aliphatic heterocycles. The third-order valence-electron chi connectivity index (χ3n) is 6.97. The van der Waals surface area contributed by atoms with Crippen molar-refractivity contribution in [2.45, 2.75) is 60.0 Å². The number of likely N-dealkylation sites (tertiary alicyclic amines) is 1. The van der Waals surface area contributed by atoms with E-state index in [0.29, 0.717) is 23.8 Å². The molecule has 0 bridgehead atoms. The Kier molecular flexibility index (Phi) is 6.16. The van der Waals surface area contributed by atoms with Crippen LogP contribution in [-0.2, 0) is 4.79 Å². The van der Waals surface area contributed by atoms with Gasteiger partial charge in [-0.1, -0.05) is 40.7 Å². The first-order valence-corrected chi connectivity index (χ1v) is 10.8. The van der Waals surface area contributed by atoms with Crippen molar-refractivity contribution >= 4 is 22.7 Å². The summed E-state index contributed by atoms with van der Waals surface area (Å²) in [5.41, 5.74) is 1.31. The van der Waals surface area contributed by atoms with Crippen molar-refractivity contribution in [3.05, 3.63) is 30.0 Å². The first kappa shape index (κ1) is 22.2. The molecule has 1 aromatic carbocycles. The monoisotopic (exact) mass is 413 g/mol. The van der Waals surface area contributed by atoms with Crippen molar-refractivity contribution in [2.75, 3.05) is 13.7 Å². The minimum absolute atomic E-state index is 0.00988. The molecule has 3 rings (SSSR count). The molecule has 1 aliphatic rings. The van der Waals surface area contributed by atoms with Gasteiger partial charge in [-0.3, -0.25) is 9.59 Å². The molecule has 2 N–H and O–H groups in total. The predicted octanol–water partition coefficient (Wildman–Crippen LogP) is 4.21. The first-order chi connectivity index (χ1) is 14.1. The van der Waals surface area contributed by atoms with Gasteiger partial charge in [-0.15, -0.1) is 0 Å². The summed E-state index contributed by atoms with van der Waals surface area (Å²) in [6.45, 7) is 13.6. The SMILES string of the molecule is COc1cccc2[nH]c(C(=O)N[C@@H](CC(C)C)C(=O)N3C[C@@H](C)C(C)(C)[C@H]3C)cc12. The van der Waals surface area contributed by atoms with E-state index >= 15 is 0 Å². The zero-order valence-corrected chi connectivity index (χ0v) is 19.2. The molecule has 164 valence electrons. The highest BCUT2D eigenvalue weighted by Crippen LogP contribution is 2.41. The van der Waals surface area contributed by atoms with E-state index in [1.807, 2.05) is 23.1 Å². The molecular formula is C24H35N3O3. The van der Waals surface area contributed by atoms with E-state index in [4.69, 9.17) is 4.74 Å². The number of aromatic nitrogens is 1. The fourth-order valence-corrected chi connectivity index (χ4v) is 4.34. The molecule has 2 amide bonds. The second-order valence-electron chi connectivity index (χ2n) is 9.65. The molecule has 6 nitrogen and oxygen atoms in total. The Morgan fingerprint density at radius 1 is 1.30 bits per heavy atom. The van der Waals surface area contributed by atoms with Gasteiger partial charge < -0.3 is 19.9 Å². The number of fused-ring (bicyclic) bond motifs is 1. The van der Waals surface area contributed by atoms with Crippen molar-refractivity contribution < 1.29 is 14.3 Å². The number of aromatic amines is 1. The molecule has 1 aromatic heterocycles. The summed E-state index contributed by atoms with van der Waals surface area (Å²) in [6.07, 6.45) is 0.603. The number of ether oxygens (including phenoxy) is 1. The Morgan fingerprint density at radius 2 is 2.00 bits per heavy atom. The molecule has 6 heteroatoms. The van der Waals surface area contributed by atoms with E-state index < -0.39 is 6.04 Å². The quantitative estimate of drug-likeness (QED) is 0.745. The number of hydrogen-bond acceptors (Lipinski definition) is 3. The molecule has 30 heavy (non-hydrogen) atoms. The highest BCUT2D eigenvalue weighted by atomic mass is 16.5. The van der Waals surface area contributed by atoms with Crippen LogP contribution in [0.15, 0.2) is 24.3 Å². The zero-order chi connectivity index (χ0) is 22.2. The number of nitrogens with one attached hydrogen (secondary N) is 2. The van der Waals surface area contributed by atoms with E-state index in [0.717, 1.165) is 17.4 Å². The summed E-state index contributed by atoms with van der Waals surface area (Å²) >= 11 is 0. The number of carbonyl (C=O) groups is 2. The minimum Gasteiger partial charge on any atom is -0.496 e. The molecule has 0 radical (unpaired) electrons. The summed E-state index contributed by atoms with van der Waals surface area (Å²) in [4.78, 5) is 31.6. The summed E-state index contributed by atoms with van der Waals surface area (Å²) in [6, 6.07) is 7.01. The van der Waals surface area contributed by atoms with E-state index in [1.165, 1.54) is 0 Å². The van der Waals surface area contributed by atoms with Crippen LogP contribution in [0.3, 0.4) is 0 Å². The van der Waals surface area contributed by atoms with Crippen molar-refractivity contribution in [1.82, 2.24) is 15.2 Å². The molecule has 2 aromatic rings. The summed E-state index contributed by atoms with van der Waals surface area (Å²) in [5.74, 6) is 1.14. The van der Waals surface area contributed by atoms with E-state index in [9.17, 15) is 9.59 Å². The lowest BCUT2D eigenvalue weighted by Gasteiger charge is -2.33. The smallest absolute Gasteiger partial charge is 0.268 e. The highest BCUT2D eigenvalue weighted by Gasteiger charge is 2.46. The fraction of sp³-hybridized carbons (Fsp3) is 0.583. The molecule has 2 heterocycles. The normalized spacial score (nSPS) is 21.8. The summed E-state index contributed by atoms with van der Waals surface area (Å²) < 4.78 is 5.39. The van der Waals surface area contributed by atoms with Gasteiger partial charge in [0.25, 0.3) is 5.91 Å². The maximum atomic E-state index is 13.4. The average molecular weight is 414 g/mol. The highest BCUT2D eigenvalue weighted by molar-refractivity contribution is 6.01. The van der Waals surface area contributed by atoms with Crippen molar-refractivity contribution in [1.29, 1.82) is 0 Å². The molecule has 0 unspecified atom stereocenters. The maximum Gasteiger partial charge on any atom is 0.268 e. The Labute approximate surface area is 179 Å². The Balaban J connectivity index is 1.83. The van der Waals surface area contributed by atoms with Gasteiger partial charge in [0, 0.05) is 23.5 Å². The van der Waals surface area contributed by atoms with Crippen LogP contribution in [0.1, 0.15) is 58.5 Å². The van der Waals surface area contributed by atoms with Gasteiger partial charge in [0.15, 0.2) is 0 Å². The van der Waals surface area contributed by atoms with Crippen LogP contribution >= 0.6 is 0 Å². The van der Waals surface area contributed by atoms with Gasteiger partial charge >= 0.3 is 0 Å². The number of H-pyrrole nitrogens is 1. The Bertz CT molecular complexity index is 931. The average Bonchev–Trinajstić information content (AvgIpc) is 3.21. The number of hydrogen-bond donors (Lipinski definition) is 2. The number of methoxy groups -OCH3 is 1. The third kappa shape index (κ3) is 4.05. The van der Waals surface area contributed by atoms with Crippen LogP contribution in [0.2, 0.25) is 0 Å². The molecular weight excluding hydrogens is 378 g/mol. The number of nitrogens with zero attached hydrogens (tertiary/aromatic N) is 1. The van der Waals surface area contributed by atoms with Crippen LogP contribution in [0, 0.1) is 17.3 Å². The van der Waals surface area contributed by atoms with Crippen molar-refractivity contribution in [3.63, 3.8) is 0 Å². The lowest BCUT2D eigenvalue weighted by molar-refractivity contribution is -0.135. The van der Waals surface area contributed by atoms with Crippen LogP contribution in [0.5, 0.6) is 5.75 Å². The van der Waals surface area contributed by atoms with E-state index in [1.54, 1.807) is 13.2 Å². The van der Waals surface area contributed by atoms with E-state index in [-0.39, 0.29) is 29.2 Å². The van der Waals surface area contributed by atoms with Gasteiger partial charge in [-0.05, 0) is 48.8 Å². The summed E-state index contributed by atoms with van der Waals surface area (Å²) in [7, 11) is 1.61. The second-order valence-corrected chi connectivity index (χ2v) is 9.65. The molecule has 1 fully saturated rings. The number of carbonyl (C=O) groups excluding carboxylic acids is 2. The van der Waals surface area contributed by atoms with Crippen LogP contribution < -0.4 is 10.1 Å². The first-order valence-electron chi connectivity index (χ1n) is 10.8. The fourth-order valence-electron chi connectivity index (χ4n) is 4.34. The second kappa shape index (κ2) is 8.32. The van der Waals surface area contributed by atoms with Gasteiger partial charge in [-0.25, -0.2) is 0 Å². The van der Waals surface area contributed by atoms with Gasteiger partial charge in [0.2, 0.25) is 5.91 Å². The van der Waals surface area contributed by atoms with Gasteiger partial charge in [0.1, 0.15) is 17.5 Å². The molecule has 3 atom stereocenters. The number of amides is 2. The Morgan fingerprint density at radius 3 is 2.57 bits per heavy atom. The van der Waals surface area contributed by atoms with Crippen LogP contribution in [0.4, 0.5) is 0 Å². The lowest BCUT2D eigenvalue weighted by Crippen LogP contribution is -2.51. The molecule has 1 saturated heterocycles. The number of benzene rings is 1. The topological polar surface area (TPSA) is 74.4 Å². The van der Waals surface area contributed by atoms with Crippen LogP contribution in [0.25, 0.3) is 10.9 Å². The van der Waals surface area contributed by atoms with Crippen molar-refractivity contribution in [2.24, 2.45) is 17.3 Å². The Hall–Kier alpha value is -2.50. The standard InChI is InChI=1S/C24H35N3O3/c1-14(2)11-20(23(29)27-13-15(3)24(5,6)16(27)4)26-22(28)19-12-17-18(25-19)9-8-10-21(17)30-7/h8-10,12,14-16,20,25H,11,13H2,1-7H3,(H,26,28)/t15-,16-,20+/m1/s1. The van der Waals surface area contributed by atoms with Gasteiger partial charge in [0.05, 0.1) is 7.11 Å². The number of rotatable bonds is 6. The molecule has 0 spiro atoms. The molecule has 0 saturated carbocycles. The van der Waals surface area contributed by atoms with Crippen molar-refractivity contribution in [3.8, 4) is 5.75 Å². The minimum atomic E-state index is -0.547. The summed E-state index contributed by atoms with van der Waals surface area (Å²) in [5, 5.41) is 3.85. The third-order valence-corrected chi connectivity index (χ3v) is 6.97. The van der Waals surface area contributed by atoms with E-state index in [2.05, 4.69) is 51.8 Å². The largest absolute Gasteiger partial charge is 0.496 e. The zero-order valence-electron chi connectivity index (χ0n) is 19.2. The maximum absolute atomic E-state index is 13.4.